The van der Waals surface area contributed by atoms with E-state index in [0.29, 0.717) is 0 Å². The molecule has 0 aliphatic rings. The first-order valence-corrected chi connectivity index (χ1v) is 4.40. The number of hydrogen-bond acceptors (Lipinski definition) is 3. The molecule has 0 fully saturated rings. The van der Waals surface area contributed by atoms with Gasteiger partial charge in [0.15, 0.2) is 0 Å². The van der Waals surface area contributed by atoms with Gasteiger partial charge < -0.3 is 9.47 Å². The van der Waals surface area contributed by atoms with Crippen molar-refractivity contribution < 1.29 is 14.3 Å². The van der Waals surface area contributed by atoms with Crippen LogP contribution in [0.2, 0.25) is 0 Å². The maximum absolute atomic E-state index is 11.2. The molecule has 0 spiro atoms. The molecule has 4 heteroatoms. The zero-order chi connectivity index (χ0) is 10.6. The summed E-state index contributed by atoms with van der Waals surface area (Å²) in [6.45, 7) is 0. The van der Waals surface area contributed by atoms with E-state index in [-0.39, 0.29) is 11.8 Å². The van der Waals surface area contributed by atoms with Crippen molar-refractivity contribution >= 4 is 13.8 Å². The molecule has 0 N–H and O–H groups in total. The molecule has 0 radical (unpaired) electrons. The minimum absolute atomic E-state index is 0.238. The van der Waals surface area contributed by atoms with Crippen LogP contribution in [0, 0.1) is 0 Å². The summed E-state index contributed by atoms with van der Waals surface area (Å²) in [5.74, 6) is 0.256. The highest BCUT2D eigenvalue weighted by Gasteiger charge is 2.15. The topological polar surface area (TPSA) is 35.5 Å². The van der Waals surface area contributed by atoms with Gasteiger partial charge in [-0.2, -0.15) is 0 Å². The van der Waals surface area contributed by atoms with Crippen molar-refractivity contribution in [3.63, 3.8) is 0 Å². The lowest BCUT2D eigenvalue weighted by atomic mass is 9.81. The third-order valence-corrected chi connectivity index (χ3v) is 2.15. The lowest BCUT2D eigenvalue weighted by Crippen LogP contribution is -2.14. The number of hydrogen-bond donors (Lipinski definition) is 0. The van der Waals surface area contributed by atoms with Gasteiger partial charge >= 0.3 is 5.97 Å². The smallest absolute Gasteiger partial charge is 0.304 e. The molecule has 74 valence electrons. The molecule has 1 aromatic rings. The lowest BCUT2D eigenvalue weighted by molar-refractivity contribution is -0.140. The van der Waals surface area contributed by atoms with Crippen LogP contribution in [0.25, 0.3) is 0 Å². The van der Waals surface area contributed by atoms with E-state index in [1.165, 1.54) is 7.11 Å². The predicted octanol–water partition coefficient (Wildman–Crippen LogP) is 0.542. The number of carbonyl (C=O) groups excluding carboxylic acids is 1. The third-order valence-electron chi connectivity index (χ3n) is 2.15. The quantitative estimate of drug-likeness (QED) is 0.518. The van der Waals surface area contributed by atoms with Gasteiger partial charge in [0.25, 0.3) is 0 Å². The third kappa shape index (κ3) is 2.28. The molecule has 1 atom stereocenters. The molecule has 0 saturated carbocycles. The van der Waals surface area contributed by atoms with Gasteiger partial charge in [-0.3, -0.25) is 4.79 Å². The second-order valence-electron chi connectivity index (χ2n) is 3.02. The molecule has 14 heavy (non-hydrogen) atoms. The van der Waals surface area contributed by atoms with Crippen LogP contribution in [0.3, 0.4) is 0 Å². The number of methoxy groups -OCH3 is 2. The van der Waals surface area contributed by atoms with Crippen molar-refractivity contribution in [2.45, 2.75) is 5.82 Å². The molecule has 0 aromatic heterocycles. The summed E-state index contributed by atoms with van der Waals surface area (Å²) in [6.07, 6.45) is 0. The van der Waals surface area contributed by atoms with E-state index >= 15 is 0 Å². The maximum Gasteiger partial charge on any atom is 0.304 e. The number of carbonyl (C=O) groups is 1. The monoisotopic (exact) mass is 192 g/mol. The second-order valence-corrected chi connectivity index (χ2v) is 3.02. The molecule has 0 bridgehead atoms. The van der Waals surface area contributed by atoms with Gasteiger partial charge in [-0.25, -0.2) is 0 Å². The van der Waals surface area contributed by atoms with Gasteiger partial charge in [0.2, 0.25) is 0 Å². The van der Waals surface area contributed by atoms with Crippen LogP contribution in [0.15, 0.2) is 24.3 Å². The highest BCUT2D eigenvalue weighted by atomic mass is 16.5. The molecule has 0 heterocycles. The number of esters is 1. The van der Waals surface area contributed by atoms with Crippen molar-refractivity contribution in [2.75, 3.05) is 14.2 Å². The largest absolute Gasteiger partial charge is 0.497 e. The van der Waals surface area contributed by atoms with Crippen LogP contribution in [-0.2, 0) is 9.53 Å². The van der Waals surface area contributed by atoms with Crippen LogP contribution in [0.1, 0.15) is 11.4 Å². The summed E-state index contributed by atoms with van der Waals surface area (Å²) in [7, 11) is 4.79. The van der Waals surface area contributed by atoms with Crippen molar-refractivity contribution in [1.82, 2.24) is 0 Å². The average Bonchev–Trinajstić information content (AvgIpc) is 2.27. The summed E-state index contributed by atoms with van der Waals surface area (Å²) in [5.41, 5.74) is 0.899. The fourth-order valence-electron chi connectivity index (χ4n) is 1.22. The van der Waals surface area contributed by atoms with E-state index in [1.807, 2.05) is 24.3 Å². The van der Waals surface area contributed by atoms with Gasteiger partial charge in [0, 0.05) is 0 Å². The Morgan fingerprint density at radius 3 is 2.71 bits per heavy atom. The van der Waals surface area contributed by atoms with Crippen LogP contribution in [0.4, 0.5) is 0 Å². The van der Waals surface area contributed by atoms with Crippen molar-refractivity contribution in [3.05, 3.63) is 29.8 Å². The Kier molecular flexibility index (Phi) is 3.57. The molecular formula is C10H13BO3. The SMILES string of the molecule is BC(C(=O)OC)c1cccc(OC)c1. The van der Waals surface area contributed by atoms with Crippen molar-refractivity contribution in [1.29, 1.82) is 0 Å². The highest BCUT2D eigenvalue weighted by Crippen LogP contribution is 2.19. The van der Waals surface area contributed by atoms with Crippen molar-refractivity contribution in [3.8, 4) is 5.75 Å². The van der Waals surface area contributed by atoms with E-state index in [2.05, 4.69) is 4.74 Å². The minimum Gasteiger partial charge on any atom is -0.497 e. The fraction of sp³-hybridized carbons (Fsp3) is 0.300. The molecule has 0 aliphatic heterocycles. The normalized spacial score (nSPS) is 11.9. The maximum atomic E-state index is 11.2. The summed E-state index contributed by atoms with van der Waals surface area (Å²) >= 11 is 0. The summed E-state index contributed by atoms with van der Waals surface area (Å²) in [6, 6.07) is 7.41. The van der Waals surface area contributed by atoms with E-state index in [9.17, 15) is 4.79 Å². The number of benzene rings is 1. The minimum atomic E-state index is -0.255. The molecule has 1 unspecified atom stereocenters. The molecule has 0 amide bonds. The molecule has 1 rings (SSSR count). The number of rotatable bonds is 3. The predicted molar refractivity (Wildman–Crippen MR) is 56.3 cm³/mol. The first-order valence-electron chi connectivity index (χ1n) is 4.40. The standard InChI is InChI=1S/C10H13BO3/c1-13-8-5-3-4-7(6-8)9(11)10(12)14-2/h3-6,9H,11H2,1-2H3. The average molecular weight is 192 g/mol. The van der Waals surface area contributed by atoms with Gasteiger partial charge in [0.1, 0.15) is 13.6 Å². The van der Waals surface area contributed by atoms with Gasteiger partial charge in [-0.05, 0) is 17.7 Å². The first kappa shape index (κ1) is 10.6. The Balaban J connectivity index is 2.89. The van der Waals surface area contributed by atoms with Crippen LogP contribution < -0.4 is 4.74 Å². The molecule has 0 aliphatic carbocycles. The summed E-state index contributed by atoms with van der Waals surface area (Å²) < 4.78 is 9.73. The highest BCUT2D eigenvalue weighted by molar-refractivity contribution is 6.23. The van der Waals surface area contributed by atoms with Gasteiger partial charge in [-0.15, -0.1) is 0 Å². The van der Waals surface area contributed by atoms with E-state index in [0.717, 1.165) is 11.3 Å². The number of ether oxygens (including phenoxy) is 2. The second kappa shape index (κ2) is 4.70. The Morgan fingerprint density at radius 2 is 2.14 bits per heavy atom. The summed E-state index contributed by atoms with van der Waals surface area (Å²) in [5, 5.41) is 0. The summed E-state index contributed by atoms with van der Waals surface area (Å²) in [4.78, 5) is 11.2. The van der Waals surface area contributed by atoms with Crippen LogP contribution in [0.5, 0.6) is 5.75 Å². The van der Waals surface area contributed by atoms with E-state index in [4.69, 9.17) is 4.74 Å². The molecular weight excluding hydrogens is 179 g/mol. The molecule has 3 nitrogen and oxygen atoms in total. The Hall–Kier alpha value is -1.45. The van der Waals surface area contributed by atoms with Gasteiger partial charge in [0.05, 0.1) is 20.0 Å². The fourth-order valence-corrected chi connectivity index (χ4v) is 1.22. The first-order chi connectivity index (χ1) is 6.69. The lowest BCUT2D eigenvalue weighted by Gasteiger charge is -2.10. The molecule has 1 aromatic carbocycles. The Labute approximate surface area is 84.4 Å². The Morgan fingerprint density at radius 1 is 1.43 bits per heavy atom. The van der Waals surface area contributed by atoms with Crippen LogP contribution in [-0.4, -0.2) is 28.0 Å². The zero-order valence-electron chi connectivity index (χ0n) is 8.61. The molecule has 0 saturated heterocycles. The van der Waals surface area contributed by atoms with Crippen LogP contribution >= 0.6 is 0 Å². The Bertz CT molecular complexity index is 325. The zero-order valence-corrected chi connectivity index (χ0v) is 8.61. The van der Waals surface area contributed by atoms with Gasteiger partial charge in [-0.1, -0.05) is 12.1 Å². The van der Waals surface area contributed by atoms with Crippen molar-refractivity contribution in [2.24, 2.45) is 0 Å². The van der Waals surface area contributed by atoms with E-state index in [1.54, 1.807) is 15.0 Å². The van der Waals surface area contributed by atoms with E-state index < -0.39 is 0 Å².